The van der Waals surface area contributed by atoms with Gasteiger partial charge in [-0.25, -0.2) is 0 Å². The molecule has 1 unspecified atom stereocenters. The first kappa shape index (κ1) is 13.0. The molecular weight excluding hydrogens is 194 g/mol. The Hall–Kier alpha value is -1.08. The number of aryl methyl sites for hydroxylation is 3. The standard InChI is InChI=1S/C15H23N/c1-6-7-14(5)16-10-15-12(3)8-11(2)9-13(15)4/h6,8-9,14,16H,1,7,10H2,2-5H3. The van der Waals surface area contributed by atoms with Crippen LogP contribution in [0, 0.1) is 20.8 Å². The molecule has 1 aromatic rings. The smallest absolute Gasteiger partial charge is 0.0213 e. The van der Waals surface area contributed by atoms with Crippen LogP contribution in [0.5, 0.6) is 0 Å². The maximum Gasteiger partial charge on any atom is 0.0213 e. The molecule has 0 fully saturated rings. The summed E-state index contributed by atoms with van der Waals surface area (Å²) in [6, 6.07) is 5.00. The van der Waals surface area contributed by atoms with Crippen molar-refractivity contribution >= 4 is 0 Å². The lowest BCUT2D eigenvalue weighted by Gasteiger charge is -2.15. The highest BCUT2D eigenvalue weighted by molar-refractivity contribution is 5.37. The van der Waals surface area contributed by atoms with Gasteiger partial charge in [0, 0.05) is 12.6 Å². The van der Waals surface area contributed by atoms with Crippen molar-refractivity contribution in [2.24, 2.45) is 0 Å². The molecule has 0 radical (unpaired) electrons. The van der Waals surface area contributed by atoms with E-state index in [4.69, 9.17) is 0 Å². The molecule has 1 N–H and O–H groups in total. The first-order valence-electron chi connectivity index (χ1n) is 5.95. The van der Waals surface area contributed by atoms with E-state index >= 15 is 0 Å². The summed E-state index contributed by atoms with van der Waals surface area (Å²) < 4.78 is 0. The third kappa shape index (κ3) is 3.49. The maximum absolute atomic E-state index is 3.76. The van der Waals surface area contributed by atoms with E-state index in [0.717, 1.165) is 13.0 Å². The van der Waals surface area contributed by atoms with Gasteiger partial charge in [-0.2, -0.15) is 0 Å². The quantitative estimate of drug-likeness (QED) is 0.742. The van der Waals surface area contributed by atoms with E-state index in [2.05, 4.69) is 51.7 Å². The molecule has 0 bridgehead atoms. The lowest BCUT2D eigenvalue weighted by atomic mass is 9.99. The van der Waals surface area contributed by atoms with E-state index < -0.39 is 0 Å². The maximum atomic E-state index is 3.76. The van der Waals surface area contributed by atoms with E-state index in [0.29, 0.717) is 6.04 Å². The van der Waals surface area contributed by atoms with Gasteiger partial charge in [0.05, 0.1) is 0 Å². The second kappa shape index (κ2) is 5.86. The summed E-state index contributed by atoms with van der Waals surface area (Å²) in [4.78, 5) is 0. The highest BCUT2D eigenvalue weighted by atomic mass is 14.9. The molecular formula is C15H23N. The van der Waals surface area contributed by atoms with Crippen molar-refractivity contribution in [1.82, 2.24) is 5.32 Å². The Balaban J connectivity index is 2.70. The van der Waals surface area contributed by atoms with Crippen LogP contribution in [0.15, 0.2) is 24.8 Å². The molecule has 0 heterocycles. The van der Waals surface area contributed by atoms with Crippen molar-refractivity contribution < 1.29 is 0 Å². The predicted molar refractivity (Wildman–Crippen MR) is 71.8 cm³/mol. The van der Waals surface area contributed by atoms with Gasteiger partial charge < -0.3 is 5.32 Å². The predicted octanol–water partition coefficient (Wildman–Crippen LogP) is 3.67. The summed E-state index contributed by atoms with van der Waals surface area (Å²) in [6.45, 7) is 13.4. The molecule has 0 spiro atoms. The Morgan fingerprint density at radius 3 is 2.31 bits per heavy atom. The second-order valence-corrected chi connectivity index (χ2v) is 4.68. The zero-order valence-electron chi connectivity index (χ0n) is 10.9. The lowest BCUT2D eigenvalue weighted by Crippen LogP contribution is -2.25. The van der Waals surface area contributed by atoms with Gasteiger partial charge in [-0.15, -0.1) is 6.58 Å². The molecule has 88 valence electrons. The SMILES string of the molecule is C=CCC(C)NCc1c(C)cc(C)cc1C. The van der Waals surface area contributed by atoms with Gasteiger partial charge in [-0.05, 0) is 50.8 Å². The third-order valence-corrected chi connectivity index (χ3v) is 2.99. The van der Waals surface area contributed by atoms with Crippen LogP contribution in [0.3, 0.4) is 0 Å². The molecule has 0 aliphatic rings. The fourth-order valence-corrected chi connectivity index (χ4v) is 2.10. The van der Waals surface area contributed by atoms with Crippen LogP contribution in [0.2, 0.25) is 0 Å². The zero-order valence-corrected chi connectivity index (χ0v) is 10.9. The van der Waals surface area contributed by atoms with Crippen LogP contribution < -0.4 is 5.32 Å². The summed E-state index contributed by atoms with van der Waals surface area (Å²) in [7, 11) is 0. The average Bonchev–Trinajstić information content (AvgIpc) is 2.16. The van der Waals surface area contributed by atoms with Crippen molar-refractivity contribution in [3.63, 3.8) is 0 Å². The minimum absolute atomic E-state index is 0.498. The topological polar surface area (TPSA) is 12.0 Å². The molecule has 0 saturated heterocycles. The largest absolute Gasteiger partial charge is 0.310 e. The number of nitrogens with one attached hydrogen (secondary N) is 1. The molecule has 0 aliphatic carbocycles. The summed E-state index contributed by atoms with van der Waals surface area (Å²) in [5.74, 6) is 0. The summed E-state index contributed by atoms with van der Waals surface area (Å²) in [5, 5.41) is 3.53. The van der Waals surface area contributed by atoms with E-state index in [9.17, 15) is 0 Å². The van der Waals surface area contributed by atoms with Gasteiger partial charge in [0.2, 0.25) is 0 Å². The van der Waals surface area contributed by atoms with Gasteiger partial charge in [0.25, 0.3) is 0 Å². The van der Waals surface area contributed by atoms with Gasteiger partial charge in [-0.3, -0.25) is 0 Å². The molecule has 0 aliphatic heterocycles. The van der Waals surface area contributed by atoms with E-state index in [1.807, 2.05) is 6.08 Å². The van der Waals surface area contributed by atoms with E-state index in [1.165, 1.54) is 22.3 Å². The molecule has 16 heavy (non-hydrogen) atoms. The van der Waals surface area contributed by atoms with Crippen LogP contribution in [-0.4, -0.2) is 6.04 Å². The molecule has 1 nitrogen and oxygen atoms in total. The van der Waals surface area contributed by atoms with Crippen molar-refractivity contribution in [2.45, 2.75) is 46.7 Å². The number of rotatable bonds is 5. The monoisotopic (exact) mass is 217 g/mol. The Bertz CT molecular complexity index is 343. The van der Waals surface area contributed by atoms with Gasteiger partial charge in [0.1, 0.15) is 0 Å². The highest BCUT2D eigenvalue weighted by Crippen LogP contribution is 2.16. The van der Waals surface area contributed by atoms with E-state index in [1.54, 1.807) is 0 Å². The Labute approximate surface area is 99.6 Å². The minimum Gasteiger partial charge on any atom is -0.310 e. The minimum atomic E-state index is 0.498. The van der Waals surface area contributed by atoms with Crippen LogP contribution in [0.1, 0.15) is 35.6 Å². The Kier molecular flexibility index (Phi) is 4.75. The highest BCUT2D eigenvalue weighted by Gasteiger charge is 2.05. The fourth-order valence-electron chi connectivity index (χ4n) is 2.10. The number of benzene rings is 1. The molecule has 0 saturated carbocycles. The molecule has 1 atom stereocenters. The fraction of sp³-hybridized carbons (Fsp3) is 0.467. The molecule has 0 amide bonds. The Morgan fingerprint density at radius 2 is 1.81 bits per heavy atom. The number of hydrogen-bond donors (Lipinski definition) is 1. The number of hydrogen-bond acceptors (Lipinski definition) is 1. The summed E-state index contributed by atoms with van der Waals surface area (Å²) in [5.41, 5.74) is 5.55. The zero-order chi connectivity index (χ0) is 12.1. The van der Waals surface area contributed by atoms with E-state index in [-0.39, 0.29) is 0 Å². The van der Waals surface area contributed by atoms with Gasteiger partial charge >= 0.3 is 0 Å². The summed E-state index contributed by atoms with van der Waals surface area (Å²) in [6.07, 6.45) is 2.98. The molecule has 1 heteroatoms. The third-order valence-electron chi connectivity index (χ3n) is 2.99. The molecule has 1 aromatic carbocycles. The average molecular weight is 217 g/mol. The summed E-state index contributed by atoms with van der Waals surface area (Å²) >= 11 is 0. The van der Waals surface area contributed by atoms with Gasteiger partial charge in [-0.1, -0.05) is 23.8 Å². The first-order chi connectivity index (χ1) is 7.54. The Morgan fingerprint density at radius 1 is 1.25 bits per heavy atom. The second-order valence-electron chi connectivity index (χ2n) is 4.68. The molecule has 1 rings (SSSR count). The van der Waals surface area contributed by atoms with Crippen molar-refractivity contribution in [3.8, 4) is 0 Å². The van der Waals surface area contributed by atoms with Crippen LogP contribution >= 0.6 is 0 Å². The van der Waals surface area contributed by atoms with Crippen LogP contribution in [-0.2, 0) is 6.54 Å². The first-order valence-corrected chi connectivity index (χ1v) is 5.95. The normalized spacial score (nSPS) is 12.5. The van der Waals surface area contributed by atoms with Crippen molar-refractivity contribution in [2.75, 3.05) is 0 Å². The van der Waals surface area contributed by atoms with Crippen molar-refractivity contribution in [3.05, 3.63) is 47.0 Å². The van der Waals surface area contributed by atoms with Crippen LogP contribution in [0.4, 0.5) is 0 Å². The van der Waals surface area contributed by atoms with Gasteiger partial charge in [0.15, 0.2) is 0 Å². The van der Waals surface area contributed by atoms with Crippen molar-refractivity contribution in [1.29, 1.82) is 0 Å². The molecule has 0 aromatic heterocycles. The van der Waals surface area contributed by atoms with Crippen LogP contribution in [0.25, 0.3) is 0 Å². The lowest BCUT2D eigenvalue weighted by molar-refractivity contribution is 0.551.